The van der Waals surface area contributed by atoms with Crippen molar-refractivity contribution in [3.63, 3.8) is 0 Å². The highest BCUT2D eigenvalue weighted by Crippen LogP contribution is 2.31. The topological polar surface area (TPSA) is 68.0 Å². The largest absolute Gasteiger partial charge is 0.433 e. The zero-order valence-electron chi connectivity index (χ0n) is 13.8. The summed E-state index contributed by atoms with van der Waals surface area (Å²) in [5.41, 5.74) is 0.873. The summed E-state index contributed by atoms with van der Waals surface area (Å²) in [6.07, 6.45) is -2.99. The van der Waals surface area contributed by atoms with E-state index in [1.807, 2.05) is 6.92 Å². The minimum Gasteiger partial charge on any atom is -0.361 e. The van der Waals surface area contributed by atoms with Crippen LogP contribution in [0.2, 0.25) is 0 Å². The first-order chi connectivity index (χ1) is 11.1. The molecule has 0 aliphatic carbocycles. The van der Waals surface area contributed by atoms with Crippen LogP contribution in [0.1, 0.15) is 47.5 Å². The van der Waals surface area contributed by atoms with Gasteiger partial charge in [0.15, 0.2) is 0 Å². The molecule has 0 fully saturated rings. The van der Waals surface area contributed by atoms with Crippen LogP contribution in [0.25, 0.3) is 0 Å². The minimum atomic E-state index is -4.52. The SMILES string of the molecule is CCC(C(=O)Nc1cnc(C(F)(F)F)cc1C)c1c(C)noc1C. The molecule has 5 nitrogen and oxygen atoms in total. The third kappa shape index (κ3) is 3.58. The van der Waals surface area contributed by atoms with Crippen molar-refractivity contribution in [1.82, 2.24) is 10.1 Å². The Labute approximate surface area is 137 Å². The number of rotatable bonds is 4. The Hall–Kier alpha value is -2.38. The number of carbonyl (C=O) groups excluding carboxylic acids is 1. The smallest absolute Gasteiger partial charge is 0.361 e. The molecular weight excluding hydrogens is 323 g/mol. The minimum absolute atomic E-state index is 0.248. The van der Waals surface area contributed by atoms with Gasteiger partial charge in [-0.05, 0) is 38.8 Å². The van der Waals surface area contributed by atoms with Gasteiger partial charge in [0.2, 0.25) is 5.91 Å². The van der Waals surface area contributed by atoms with Crippen molar-refractivity contribution >= 4 is 11.6 Å². The van der Waals surface area contributed by atoms with Crippen LogP contribution in [-0.4, -0.2) is 16.0 Å². The van der Waals surface area contributed by atoms with Crippen LogP contribution < -0.4 is 5.32 Å². The zero-order chi connectivity index (χ0) is 18.1. The van der Waals surface area contributed by atoms with Crippen molar-refractivity contribution in [2.24, 2.45) is 0 Å². The fraction of sp³-hybridized carbons (Fsp3) is 0.438. The van der Waals surface area contributed by atoms with E-state index in [1.165, 1.54) is 6.92 Å². The lowest BCUT2D eigenvalue weighted by molar-refractivity contribution is -0.141. The van der Waals surface area contributed by atoms with Crippen LogP contribution in [0.5, 0.6) is 0 Å². The highest BCUT2D eigenvalue weighted by molar-refractivity contribution is 5.96. The third-order valence-electron chi connectivity index (χ3n) is 3.82. The Kier molecular flexibility index (Phi) is 4.96. The molecule has 0 spiro atoms. The maximum absolute atomic E-state index is 12.7. The average molecular weight is 341 g/mol. The number of amides is 1. The van der Waals surface area contributed by atoms with Crippen molar-refractivity contribution < 1.29 is 22.5 Å². The molecule has 0 radical (unpaired) electrons. The van der Waals surface area contributed by atoms with Crippen LogP contribution in [-0.2, 0) is 11.0 Å². The summed E-state index contributed by atoms with van der Waals surface area (Å²) in [7, 11) is 0. The molecule has 2 heterocycles. The number of hydrogen-bond donors (Lipinski definition) is 1. The second-order valence-corrected chi connectivity index (χ2v) is 5.57. The highest BCUT2D eigenvalue weighted by atomic mass is 19.4. The van der Waals surface area contributed by atoms with E-state index in [1.54, 1.807) is 13.8 Å². The van der Waals surface area contributed by atoms with Crippen LogP contribution in [0.3, 0.4) is 0 Å². The molecular formula is C16H18F3N3O2. The lowest BCUT2D eigenvalue weighted by Crippen LogP contribution is -2.22. The normalized spacial score (nSPS) is 13.0. The molecule has 2 rings (SSSR count). The molecule has 1 atom stereocenters. The van der Waals surface area contributed by atoms with E-state index in [0.717, 1.165) is 12.3 Å². The average Bonchev–Trinajstić information content (AvgIpc) is 2.81. The molecule has 2 aromatic heterocycles. The predicted molar refractivity (Wildman–Crippen MR) is 81.6 cm³/mol. The zero-order valence-corrected chi connectivity index (χ0v) is 13.8. The van der Waals surface area contributed by atoms with Crippen LogP contribution >= 0.6 is 0 Å². The van der Waals surface area contributed by atoms with Gasteiger partial charge in [-0.2, -0.15) is 13.2 Å². The second-order valence-electron chi connectivity index (χ2n) is 5.57. The highest BCUT2D eigenvalue weighted by Gasteiger charge is 2.33. The first kappa shape index (κ1) is 18.0. The molecule has 1 amide bonds. The van der Waals surface area contributed by atoms with Gasteiger partial charge in [0.1, 0.15) is 11.5 Å². The molecule has 24 heavy (non-hydrogen) atoms. The van der Waals surface area contributed by atoms with Gasteiger partial charge in [-0.15, -0.1) is 0 Å². The van der Waals surface area contributed by atoms with Gasteiger partial charge in [-0.1, -0.05) is 12.1 Å². The number of nitrogens with one attached hydrogen (secondary N) is 1. The molecule has 1 unspecified atom stereocenters. The third-order valence-corrected chi connectivity index (χ3v) is 3.82. The van der Waals surface area contributed by atoms with Gasteiger partial charge in [-0.25, -0.2) is 4.98 Å². The molecule has 8 heteroatoms. The van der Waals surface area contributed by atoms with Gasteiger partial charge < -0.3 is 9.84 Å². The Morgan fingerprint density at radius 1 is 1.33 bits per heavy atom. The van der Waals surface area contributed by atoms with E-state index in [2.05, 4.69) is 15.5 Å². The summed E-state index contributed by atoms with van der Waals surface area (Å²) in [4.78, 5) is 15.9. The lowest BCUT2D eigenvalue weighted by atomic mass is 9.94. The number of nitrogens with zero attached hydrogens (tertiary/aromatic N) is 2. The van der Waals surface area contributed by atoms with E-state index in [0.29, 0.717) is 29.0 Å². The maximum atomic E-state index is 12.7. The van der Waals surface area contributed by atoms with E-state index < -0.39 is 17.8 Å². The molecule has 2 aromatic rings. The van der Waals surface area contributed by atoms with Crippen molar-refractivity contribution in [3.8, 4) is 0 Å². The van der Waals surface area contributed by atoms with Gasteiger partial charge in [0, 0.05) is 5.56 Å². The van der Waals surface area contributed by atoms with Crippen LogP contribution in [0.15, 0.2) is 16.8 Å². The summed E-state index contributed by atoms with van der Waals surface area (Å²) < 4.78 is 43.0. The summed E-state index contributed by atoms with van der Waals surface area (Å²) in [5.74, 6) is -0.286. The van der Waals surface area contributed by atoms with E-state index in [4.69, 9.17) is 4.52 Å². The van der Waals surface area contributed by atoms with Gasteiger partial charge in [0.25, 0.3) is 0 Å². The molecule has 130 valence electrons. The monoisotopic (exact) mass is 341 g/mol. The number of alkyl halides is 3. The number of pyridine rings is 1. The summed E-state index contributed by atoms with van der Waals surface area (Å²) in [5, 5.41) is 6.48. The maximum Gasteiger partial charge on any atom is 0.433 e. The molecule has 0 aliphatic heterocycles. The Balaban J connectivity index is 2.25. The first-order valence-electron chi connectivity index (χ1n) is 7.42. The standard InChI is InChI=1S/C16H18F3N3O2/c1-5-11(14-9(3)22-24-10(14)4)15(23)21-12-7-20-13(6-8(12)2)16(17,18)19/h6-7,11H,5H2,1-4H3,(H,21,23). The number of carbonyl (C=O) groups is 1. The second kappa shape index (κ2) is 6.62. The fourth-order valence-electron chi connectivity index (χ4n) is 2.57. The fourth-order valence-corrected chi connectivity index (χ4v) is 2.57. The Morgan fingerprint density at radius 2 is 2.00 bits per heavy atom. The molecule has 0 aliphatic rings. The number of aromatic nitrogens is 2. The Morgan fingerprint density at radius 3 is 2.46 bits per heavy atom. The molecule has 0 aromatic carbocycles. The van der Waals surface area contributed by atoms with Crippen LogP contribution in [0, 0.1) is 20.8 Å². The summed E-state index contributed by atoms with van der Waals surface area (Å²) >= 11 is 0. The van der Waals surface area contributed by atoms with Crippen LogP contribution in [0.4, 0.5) is 18.9 Å². The van der Waals surface area contributed by atoms with Crippen molar-refractivity contribution in [1.29, 1.82) is 0 Å². The number of hydrogen-bond acceptors (Lipinski definition) is 4. The number of anilines is 1. The predicted octanol–water partition coefficient (Wildman–Crippen LogP) is 4.15. The lowest BCUT2D eigenvalue weighted by Gasteiger charge is -2.16. The quantitative estimate of drug-likeness (QED) is 0.907. The van der Waals surface area contributed by atoms with Gasteiger partial charge in [-0.3, -0.25) is 4.79 Å². The Bertz CT molecular complexity index is 734. The van der Waals surface area contributed by atoms with E-state index in [9.17, 15) is 18.0 Å². The van der Waals surface area contributed by atoms with Gasteiger partial charge >= 0.3 is 6.18 Å². The summed E-state index contributed by atoms with van der Waals surface area (Å²) in [6.45, 7) is 6.79. The number of aryl methyl sites for hydroxylation is 3. The van der Waals surface area contributed by atoms with Crippen molar-refractivity contribution in [2.75, 3.05) is 5.32 Å². The number of halogens is 3. The molecule has 0 saturated carbocycles. The van der Waals surface area contributed by atoms with Crippen molar-refractivity contribution in [3.05, 3.63) is 40.5 Å². The van der Waals surface area contributed by atoms with Gasteiger partial charge in [0.05, 0.1) is 23.5 Å². The molecule has 0 bridgehead atoms. The summed E-state index contributed by atoms with van der Waals surface area (Å²) in [6, 6.07) is 0.909. The first-order valence-corrected chi connectivity index (χ1v) is 7.42. The molecule has 1 N–H and O–H groups in total. The van der Waals surface area contributed by atoms with Crippen molar-refractivity contribution in [2.45, 2.75) is 46.2 Å². The van der Waals surface area contributed by atoms with E-state index >= 15 is 0 Å². The molecule has 0 saturated heterocycles. The van der Waals surface area contributed by atoms with E-state index in [-0.39, 0.29) is 11.6 Å².